The molecule has 0 amide bonds. The SMILES string of the molecule is Cc1ccccc1OCc1ccccc1C(C)CC(O)C(=O)O. The molecule has 4 heteroatoms. The summed E-state index contributed by atoms with van der Waals surface area (Å²) in [5.74, 6) is -0.427. The standard InChI is InChI=1S/C19H22O4/c1-13-7-3-6-10-18(13)23-12-15-8-4-5-9-16(15)14(2)11-17(20)19(21)22/h3-10,14,17,20H,11-12H2,1-2H3,(H,21,22). The number of aryl methyl sites for hydroxylation is 1. The zero-order valence-electron chi connectivity index (χ0n) is 13.4. The van der Waals surface area contributed by atoms with Crippen molar-refractivity contribution in [1.82, 2.24) is 0 Å². The van der Waals surface area contributed by atoms with Crippen LogP contribution in [-0.4, -0.2) is 22.3 Å². The number of aliphatic carboxylic acids is 1. The number of aliphatic hydroxyl groups is 1. The van der Waals surface area contributed by atoms with Crippen molar-refractivity contribution in [3.05, 3.63) is 65.2 Å². The Hall–Kier alpha value is -2.33. The molecule has 2 aromatic rings. The van der Waals surface area contributed by atoms with Crippen molar-refractivity contribution in [2.75, 3.05) is 0 Å². The molecule has 2 atom stereocenters. The molecule has 0 radical (unpaired) electrons. The Kier molecular flexibility index (Phi) is 5.77. The van der Waals surface area contributed by atoms with E-state index in [2.05, 4.69) is 0 Å². The summed E-state index contributed by atoms with van der Waals surface area (Å²) in [6, 6.07) is 15.6. The van der Waals surface area contributed by atoms with Crippen LogP contribution in [0.25, 0.3) is 0 Å². The average Bonchev–Trinajstić information content (AvgIpc) is 2.54. The normalized spacial score (nSPS) is 13.3. The van der Waals surface area contributed by atoms with E-state index in [0.717, 1.165) is 22.4 Å². The number of carboxylic acids is 1. The van der Waals surface area contributed by atoms with E-state index >= 15 is 0 Å². The first kappa shape index (κ1) is 17.0. The van der Waals surface area contributed by atoms with Crippen LogP contribution in [0, 0.1) is 6.92 Å². The fourth-order valence-electron chi connectivity index (χ4n) is 2.58. The number of hydrogen-bond acceptors (Lipinski definition) is 3. The van der Waals surface area contributed by atoms with Crippen LogP contribution in [0.15, 0.2) is 48.5 Å². The smallest absolute Gasteiger partial charge is 0.332 e. The predicted molar refractivity (Wildman–Crippen MR) is 88.6 cm³/mol. The van der Waals surface area contributed by atoms with Gasteiger partial charge in [0, 0.05) is 0 Å². The van der Waals surface area contributed by atoms with Crippen LogP contribution < -0.4 is 4.74 Å². The van der Waals surface area contributed by atoms with E-state index in [1.807, 2.05) is 62.4 Å². The van der Waals surface area contributed by atoms with E-state index in [0.29, 0.717) is 6.61 Å². The summed E-state index contributed by atoms with van der Waals surface area (Å²) < 4.78 is 5.89. The third kappa shape index (κ3) is 4.57. The number of rotatable bonds is 7. The molecular formula is C19H22O4. The van der Waals surface area contributed by atoms with Gasteiger partial charge in [0.1, 0.15) is 12.4 Å². The lowest BCUT2D eigenvalue weighted by molar-refractivity contribution is -0.147. The monoisotopic (exact) mass is 314 g/mol. The molecule has 0 saturated heterocycles. The zero-order valence-corrected chi connectivity index (χ0v) is 13.4. The van der Waals surface area contributed by atoms with Gasteiger partial charge in [-0.2, -0.15) is 0 Å². The van der Waals surface area contributed by atoms with Gasteiger partial charge in [-0.15, -0.1) is 0 Å². The molecule has 2 unspecified atom stereocenters. The van der Waals surface area contributed by atoms with Crippen LogP contribution in [0.3, 0.4) is 0 Å². The molecule has 0 heterocycles. The highest BCUT2D eigenvalue weighted by atomic mass is 16.5. The van der Waals surface area contributed by atoms with Crippen LogP contribution in [-0.2, 0) is 11.4 Å². The molecule has 0 bridgehead atoms. The third-order valence-corrected chi connectivity index (χ3v) is 3.92. The maximum atomic E-state index is 10.8. The first-order valence-corrected chi connectivity index (χ1v) is 7.66. The molecule has 0 spiro atoms. The maximum Gasteiger partial charge on any atom is 0.332 e. The lowest BCUT2D eigenvalue weighted by Crippen LogP contribution is -2.22. The molecule has 0 fully saturated rings. The summed E-state index contributed by atoms with van der Waals surface area (Å²) in [5, 5.41) is 18.4. The van der Waals surface area contributed by atoms with E-state index in [4.69, 9.17) is 9.84 Å². The largest absolute Gasteiger partial charge is 0.489 e. The number of ether oxygens (including phenoxy) is 1. The second-order valence-corrected chi connectivity index (χ2v) is 5.74. The number of hydrogen-bond donors (Lipinski definition) is 2. The van der Waals surface area contributed by atoms with Crippen molar-refractivity contribution in [3.63, 3.8) is 0 Å². The van der Waals surface area contributed by atoms with Gasteiger partial charge in [0.25, 0.3) is 0 Å². The molecule has 4 nitrogen and oxygen atoms in total. The molecule has 0 aliphatic rings. The average molecular weight is 314 g/mol. The van der Waals surface area contributed by atoms with Gasteiger partial charge in [-0.1, -0.05) is 49.4 Å². The summed E-state index contributed by atoms with van der Waals surface area (Å²) >= 11 is 0. The van der Waals surface area contributed by atoms with Gasteiger partial charge >= 0.3 is 5.97 Å². The van der Waals surface area contributed by atoms with Gasteiger partial charge in [-0.05, 0) is 42.0 Å². The number of carboxylic acid groups (broad SMARTS) is 1. The summed E-state index contributed by atoms with van der Waals surface area (Å²) in [7, 11) is 0. The minimum Gasteiger partial charge on any atom is -0.489 e. The Labute approximate surface area is 136 Å². The highest BCUT2D eigenvalue weighted by Gasteiger charge is 2.20. The summed E-state index contributed by atoms with van der Waals surface area (Å²) in [4.78, 5) is 10.8. The molecule has 0 aromatic heterocycles. The lowest BCUT2D eigenvalue weighted by atomic mass is 9.91. The zero-order chi connectivity index (χ0) is 16.8. The lowest BCUT2D eigenvalue weighted by Gasteiger charge is -2.18. The first-order chi connectivity index (χ1) is 11.0. The van der Waals surface area contributed by atoms with Crippen molar-refractivity contribution in [2.24, 2.45) is 0 Å². The van der Waals surface area contributed by atoms with Crippen LogP contribution in [0.2, 0.25) is 0 Å². The van der Waals surface area contributed by atoms with Crippen LogP contribution in [0.1, 0.15) is 36.0 Å². The summed E-state index contributed by atoms with van der Waals surface area (Å²) in [6.45, 7) is 4.32. The van der Waals surface area contributed by atoms with Crippen LogP contribution in [0.4, 0.5) is 0 Å². The second kappa shape index (κ2) is 7.79. The highest BCUT2D eigenvalue weighted by molar-refractivity contribution is 5.72. The van der Waals surface area contributed by atoms with E-state index < -0.39 is 12.1 Å². The number of carbonyl (C=O) groups is 1. The molecule has 2 aromatic carbocycles. The van der Waals surface area contributed by atoms with Crippen molar-refractivity contribution in [1.29, 1.82) is 0 Å². The second-order valence-electron chi connectivity index (χ2n) is 5.74. The number of para-hydroxylation sites is 1. The summed E-state index contributed by atoms with van der Waals surface area (Å²) in [6.07, 6.45) is -1.17. The number of aliphatic hydroxyl groups excluding tert-OH is 1. The van der Waals surface area contributed by atoms with Crippen molar-refractivity contribution in [2.45, 2.75) is 38.9 Å². The van der Waals surface area contributed by atoms with Crippen LogP contribution in [0.5, 0.6) is 5.75 Å². The Bertz CT molecular complexity index is 666. The molecular weight excluding hydrogens is 292 g/mol. The summed E-state index contributed by atoms with van der Waals surface area (Å²) in [5.41, 5.74) is 3.07. The first-order valence-electron chi connectivity index (χ1n) is 7.66. The van der Waals surface area contributed by atoms with E-state index in [-0.39, 0.29) is 12.3 Å². The quantitative estimate of drug-likeness (QED) is 0.820. The molecule has 0 saturated carbocycles. The molecule has 2 rings (SSSR count). The number of benzene rings is 2. The van der Waals surface area contributed by atoms with E-state index in [9.17, 15) is 9.90 Å². The fraction of sp³-hybridized carbons (Fsp3) is 0.316. The minimum absolute atomic E-state index is 0.0715. The van der Waals surface area contributed by atoms with Crippen molar-refractivity contribution in [3.8, 4) is 5.75 Å². The Morgan fingerprint density at radius 1 is 1.13 bits per heavy atom. The Morgan fingerprint density at radius 3 is 2.48 bits per heavy atom. The van der Waals surface area contributed by atoms with Crippen LogP contribution >= 0.6 is 0 Å². The topological polar surface area (TPSA) is 66.8 Å². The van der Waals surface area contributed by atoms with Crippen molar-refractivity contribution < 1.29 is 19.7 Å². The molecule has 23 heavy (non-hydrogen) atoms. The van der Waals surface area contributed by atoms with Crippen molar-refractivity contribution >= 4 is 5.97 Å². The molecule has 122 valence electrons. The van der Waals surface area contributed by atoms with Gasteiger partial charge in [0.2, 0.25) is 0 Å². The highest BCUT2D eigenvalue weighted by Crippen LogP contribution is 2.26. The predicted octanol–water partition coefficient (Wildman–Crippen LogP) is 3.51. The van der Waals surface area contributed by atoms with Gasteiger partial charge in [-0.25, -0.2) is 4.79 Å². The van der Waals surface area contributed by atoms with Gasteiger partial charge in [-0.3, -0.25) is 0 Å². The molecule has 0 aliphatic carbocycles. The van der Waals surface area contributed by atoms with E-state index in [1.165, 1.54) is 0 Å². The third-order valence-electron chi connectivity index (χ3n) is 3.92. The Morgan fingerprint density at radius 2 is 1.78 bits per heavy atom. The molecule has 0 aliphatic heterocycles. The van der Waals surface area contributed by atoms with Gasteiger partial charge in [0.05, 0.1) is 0 Å². The van der Waals surface area contributed by atoms with Gasteiger partial charge in [0.15, 0.2) is 6.10 Å². The molecule has 2 N–H and O–H groups in total. The maximum absolute atomic E-state index is 10.8. The fourth-order valence-corrected chi connectivity index (χ4v) is 2.58. The Balaban J connectivity index is 2.11. The van der Waals surface area contributed by atoms with Gasteiger partial charge < -0.3 is 14.9 Å². The van der Waals surface area contributed by atoms with E-state index in [1.54, 1.807) is 0 Å². The minimum atomic E-state index is -1.35.